The number of anilines is 1. The monoisotopic (exact) mass is 438 g/mol. The van der Waals surface area contributed by atoms with Gasteiger partial charge in [0.1, 0.15) is 0 Å². The van der Waals surface area contributed by atoms with Crippen molar-refractivity contribution in [1.29, 1.82) is 0 Å². The molecule has 0 bridgehead atoms. The number of carbonyl (C=O) groups is 2. The van der Waals surface area contributed by atoms with Crippen LogP contribution in [0.3, 0.4) is 0 Å². The number of carbonyl (C=O) groups excluding carboxylic acids is 2. The third-order valence-corrected chi connectivity index (χ3v) is 5.69. The first-order valence-corrected chi connectivity index (χ1v) is 10.7. The van der Waals surface area contributed by atoms with Gasteiger partial charge in [-0.05, 0) is 62.4 Å². The number of nitrogens with one attached hydrogen (secondary N) is 2. The second-order valence-electron chi connectivity index (χ2n) is 8.13. The largest absolute Gasteiger partial charge is 0.329 e. The van der Waals surface area contributed by atoms with E-state index in [1.807, 2.05) is 56.3 Å². The zero-order chi connectivity index (χ0) is 23.5. The lowest BCUT2D eigenvalue weighted by molar-refractivity contribution is -0.136. The second kappa shape index (κ2) is 9.12. The zero-order valence-corrected chi connectivity index (χ0v) is 19.1. The van der Waals surface area contributed by atoms with Gasteiger partial charge in [0.25, 0.3) is 0 Å². The molecule has 0 radical (unpaired) electrons. The van der Waals surface area contributed by atoms with Crippen LogP contribution in [0.4, 0.5) is 5.69 Å². The van der Waals surface area contributed by atoms with Gasteiger partial charge in [-0.25, -0.2) is 5.43 Å². The van der Waals surface area contributed by atoms with Crippen LogP contribution in [0, 0.1) is 27.7 Å². The minimum atomic E-state index is -0.831. The van der Waals surface area contributed by atoms with E-state index in [4.69, 9.17) is 0 Å². The Morgan fingerprint density at radius 1 is 0.879 bits per heavy atom. The van der Waals surface area contributed by atoms with E-state index in [9.17, 15) is 9.59 Å². The van der Waals surface area contributed by atoms with Crippen molar-refractivity contribution in [3.63, 3.8) is 0 Å². The molecule has 4 aromatic rings. The van der Waals surface area contributed by atoms with Gasteiger partial charge < -0.3 is 9.88 Å². The van der Waals surface area contributed by atoms with E-state index < -0.39 is 11.8 Å². The number of hydrogen-bond donors (Lipinski definition) is 2. The summed E-state index contributed by atoms with van der Waals surface area (Å²) in [5.74, 6) is -1.60. The van der Waals surface area contributed by atoms with Crippen molar-refractivity contribution in [1.82, 2.24) is 9.99 Å². The van der Waals surface area contributed by atoms with Gasteiger partial charge >= 0.3 is 11.8 Å². The number of aryl methyl sites for hydroxylation is 3. The van der Waals surface area contributed by atoms with Gasteiger partial charge in [-0.1, -0.05) is 48.5 Å². The molecule has 4 rings (SSSR count). The summed E-state index contributed by atoms with van der Waals surface area (Å²) in [5.41, 5.74) is 9.29. The van der Waals surface area contributed by atoms with E-state index in [1.54, 1.807) is 12.3 Å². The van der Waals surface area contributed by atoms with Crippen LogP contribution in [0.15, 0.2) is 71.8 Å². The molecule has 0 spiro atoms. The maximum Gasteiger partial charge on any atom is 0.329 e. The summed E-state index contributed by atoms with van der Waals surface area (Å²) in [4.78, 5) is 24.7. The summed E-state index contributed by atoms with van der Waals surface area (Å²) in [6.07, 6.45) is 1.56. The highest BCUT2D eigenvalue weighted by Gasteiger charge is 2.15. The van der Waals surface area contributed by atoms with Crippen molar-refractivity contribution in [3.05, 3.63) is 94.8 Å². The number of hydrogen-bond acceptors (Lipinski definition) is 3. The van der Waals surface area contributed by atoms with Crippen LogP contribution < -0.4 is 10.7 Å². The highest BCUT2D eigenvalue weighted by Crippen LogP contribution is 2.24. The Kier molecular flexibility index (Phi) is 6.09. The lowest BCUT2D eigenvalue weighted by atomic mass is 10.1. The van der Waals surface area contributed by atoms with Crippen LogP contribution in [0.2, 0.25) is 0 Å². The number of aromatic nitrogens is 1. The molecule has 0 fully saturated rings. The zero-order valence-electron chi connectivity index (χ0n) is 19.1. The van der Waals surface area contributed by atoms with E-state index in [0.29, 0.717) is 5.69 Å². The van der Waals surface area contributed by atoms with E-state index in [0.717, 1.165) is 33.4 Å². The Balaban J connectivity index is 1.47. The van der Waals surface area contributed by atoms with Gasteiger partial charge in [-0.3, -0.25) is 9.59 Å². The number of amides is 2. The Morgan fingerprint density at radius 2 is 1.64 bits per heavy atom. The predicted octanol–water partition coefficient (Wildman–Crippen LogP) is 4.95. The fraction of sp³-hybridized carbons (Fsp3) is 0.148. The molecule has 0 unspecified atom stereocenters. The normalized spacial score (nSPS) is 11.2. The Hall–Kier alpha value is -4.19. The Morgan fingerprint density at radius 3 is 2.45 bits per heavy atom. The molecule has 3 aromatic carbocycles. The van der Waals surface area contributed by atoms with Crippen LogP contribution >= 0.6 is 0 Å². The molecule has 33 heavy (non-hydrogen) atoms. The number of nitrogens with zero attached hydrogens (tertiary/aromatic N) is 2. The van der Waals surface area contributed by atoms with Gasteiger partial charge in [-0.15, -0.1) is 0 Å². The van der Waals surface area contributed by atoms with Crippen molar-refractivity contribution in [2.75, 3.05) is 5.32 Å². The summed E-state index contributed by atoms with van der Waals surface area (Å²) in [6.45, 7) is 8.18. The van der Waals surface area contributed by atoms with Crippen molar-refractivity contribution in [2.24, 2.45) is 5.10 Å². The van der Waals surface area contributed by atoms with Gasteiger partial charge in [0.05, 0.1) is 6.21 Å². The molecule has 6 heteroatoms. The molecule has 6 nitrogen and oxygen atoms in total. The molecule has 1 aromatic heterocycles. The maximum atomic E-state index is 12.4. The second-order valence-corrected chi connectivity index (χ2v) is 8.13. The van der Waals surface area contributed by atoms with E-state index in [2.05, 4.69) is 52.5 Å². The number of benzene rings is 3. The first-order valence-electron chi connectivity index (χ1n) is 10.7. The highest BCUT2D eigenvalue weighted by molar-refractivity contribution is 6.40. The van der Waals surface area contributed by atoms with Crippen molar-refractivity contribution in [2.45, 2.75) is 27.7 Å². The van der Waals surface area contributed by atoms with Crippen LogP contribution in [-0.2, 0) is 9.59 Å². The first-order chi connectivity index (χ1) is 15.8. The fourth-order valence-corrected chi connectivity index (χ4v) is 3.97. The fourth-order valence-electron chi connectivity index (χ4n) is 3.97. The van der Waals surface area contributed by atoms with E-state index in [-0.39, 0.29) is 0 Å². The third kappa shape index (κ3) is 4.55. The third-order valence-electron chi connectivity index (χ3n) is 5.69. The molecule has 0 aliphatic carbocycles. The molecule has 2 N–H and O–H groups in total. The molecule has 1 heterocycles. The molecule has 166 valence electrons. The molecule has 0 aliphatic heterocycles. The smallest absolute Gasteiger partial charge is 0.318 e. The first kappa shape index (κ1) is 22.0. The van der Waals surface area contributed by atoms with Crippen LogP contribution in [0.1, 0.15) is 28.1 Å². The van der Waals surface area contributed by atoms with Crippen LogP contribution in [0.25, 0.3) is 16.5 Å². The summed E-state index contributed by atoms with van der Waals surface area (Å²) >= 11 is 0. The number of hydrazone groups is 1. The van der Waals surface area contributed by atoms with Gasteiger partial charge in [-0.2, -0.15) is 5.10 Å². The van der Waals surface area contributed by atoms with E-state index >= 15 is 0 Å². The quantitative estimate of drug-likeness (QED) is 0.269. The molecular weight excluding hydrogens is 412 g/mol. The SMILES string of the molecule is Cc1ccc(C)c(-n2c(C)cc(C=NNC(=O)C(=O)Nc3cccc4ccccc34)c2C)c1. The molecule has 0 aliphatic rings. The van der Waals surface area contributed by atoms with Gasteiger partial charge in [0, 0.05) is 33.7 Å². The molecule has 2 amide bonds. The van der Waals surface area contributed by atoms with Gasteiger partial charge in [0.2, 0.25) is 0 Å². The van der Waals surface area contributed by atoms with Crippen LogP contribution in [0.5, 0.6) is 0 Å². The predicted molar refractivity (Wildman–Crippen MR) is 133 cm³/mol. The summed E-state index contributed by atoms with van der Waals surface area (Å²) in [6, 6.07) is 21.5. The highest BCUT2D eigenvalue weighted by atomic mass is 16.2. The van der Waals surface area contributed by atoms with Crippen molar-refractivity contribution in [3.8, 4) is 5.69 Å². The summed E-state index contributed by atoms with van der Waals surface area (Å²) in [7, 11) is 0. The summed E-state index contributed by atoms with van der Waals surface area (Å²) in [5, 5.41) is 8.52. The van der Waals surface area contributed by atoms with Crippen molar-refractivity contribution >= 4 is 34.5 Å². The van der Waals surface area contributed by atoms with Gasteiger partial charge in [0.15, 0.2) is 0 Å². The molecular formula is C27H26N4O2. The molecule has 0 saturated heterocycles. The Labute approximate surface area is 192 Å². The van der Waals surface area contributed by atoms with Crippen LogP contribution in [-0.4, -0.2) is 22.6 Å². The lowest BCUT2D eigenvalue weighted by Crippen LogP contribution is -2.32. The molecule has 0 saturated carbocycles. The summed E-state index contributed by atoms with van der Waals surface area (Å²) < 4.78 is 2.17. The number of rotatable bonds is 4. The average Bonchev–Trinajstić information content (AvgIpc) is 3.08. The topological polar surface area (TPSA) is 75.5 Å². The van der Waals surface area contributed by atoms with E-state index in [1.165, 1.54) is 11.1 Å². The number of fused-ring (bicyclic) bond motifs is 1. The minimum Gasteiger partial charge on any atom is -0.318 e. The average molecular weight is 439 g/mol. The van der Waals surface area contributed by atoms with Crippen molar-refractivity contribution < 1.29 is 9.59 Å². The molecule has 0 atom stereocenters. The maximum absolute atomic E-state index is 12.4. The standard InChI is InChI=1S/C27H26N4O2/c1-17-12-13-18(2)25(14-17)31-19(3)15-22(20(31)4)16-28-30-27(33)26(32)29-24-11-7-9-21-8-5-6-10-23(21)24/h5-16H,1-4H3,(H,29,32)(H,30,33). The minimum absolute atomic E-state index is 0.578. The Bertz CT molecular complexity index is 1390. The lowest BCUT2D eigenvalue weighted by Gasteiger charge is -2.13.